The van der Waals surface area contributed by atoms with Crippen LogP contribution in [0.5, 0.6) is 0 Å². The first-order valence-electron chi connectivity index (χ1n) is 4.65. The SMILES string of the molecule is O=[N+](N=C1C=C[NH2+]C=C1)c1ccccc1. The maximum atomic E-state index is 11.6. The van der Waals surface area contributed by atoms with E-state index in [1.807, 2.05) is 23.8 Å². The number of hydrazone groups is 1. The largest absolute Gasteiger partial charge is 0.294 e. The van der Waals surface area contributed by atoms with Gasteiger partial charge in [-0.3, -0.25) is 5.32 Å². The van der Waals surface area contributed by atoms with Crippen LogP contribution in [-0.2, 0) is 0 Å². The lowest BCUT2D eigenvalue weighted by Crippen LogP contribution is -2.71. The van der Waals surface area contributed by atoms with Crippen LogP contribution in [0.3, 0.4) is 0 Å². The summed E-state index contributed by atoms with van der Waals surface area (Å²) in [7, 11) is 0. The summed E-state index contributed by atoms with van der Waals surface area (Å²) in [6, 6.07) is 8.92. The topological polar surface area (TPSA) is 49.0 Å². The third-order valence-corrected chi connectivity index (χ3v) is 1.94. The molecule has 4 heteroatoms. The van der Waals surface area contributed by atoms with Gasteiger partial charge in [0.25, 0.3) is 5.69 Å². The number of quaternary nitrogens is 1. The predicted molar refractivity (Wildman–Crippen MR) is 57.4 cm³/mol. The van der Waals surface area contributed by atoms with Crippen molar-refractivity contribution < 1.29 is 10.2 Å². The molecule has 1 aromatic carbocycles. The Kier molecular flexibility index (Phi) is 2.80. The van der Waals surface area contributed by atoms with Crippen LogP contribution in [0.1, 0.15) is 0 Å². The maximum Gasteiger partial charge on any atom is 0.294 e. The van der Waals surface area contributed by atoms with Gasteiger partial charge in [0, 0.05) is 24.3 Å². The molecule has 0 bridgehead atoms. The van der Waals surface area contributed by atoms with Crippen molar-refractivity contribution in [2.45, 2.75) is 0 Å². The molecular formula is C11H11N3O+2. The highest BCUT2D eigenvalue weighted by atomic mass is 16.3. The Hall–Kier alpha value is -2.07. The third-order valence-electron chi connectivity index (χ3n) is 1.94. The number of hydrogen-bond donors (Lipinski definition) is 1. The Morgan fingerprint density at radius 2 is 1.73 bits per heavy atom. The van der Waals surface area contributed by atoms with Crippen molar-refractivity contribution >= 4 is 11.4 Å². The molecule has 0 spiro atoms. The van der Waals surface area contributed by atoms with E-state index in [-0.39, 0.29) is 0 Å². The van der Waals surface area contributed by atoms with Crippen molar-refractivity contribution in [3.8, 4) is 0 Å². The quantitative estimate of drug-likeness (QED) is 0.564. The van der Waals surface area contributed by atoms with Crippen molar-refractivity contribution in [1.29, 1.82) is 0 Å². The number of hydrogen-bond acceptors (Lipinski definition) is 1. The van der Waals surface area contributed by atoms with Crippen LogP contribution in [0.4, 0.5) is 5.69 Å². The summed E-state index contributed by atoms with van der Waals surface area (Å²) in [6.45, 7) is 0. The minimum atomic E-state index is 0.529. The first kappa shape index (κ1) is 9.48. The summed E-state index contributed by atoms with van der Waals surface area (Å²) in [5.74, 6) is 0. The normalized spacial score (nSPS) is 14.0. The van der Waals surface area contributed by atoms with Crippen LogP contribution in [-0.4, -0.2) is 10.6 Å². The molecule has 0 aromatic heterocycles. The minimum absolute atomic E-state index is 0.529. The second kappa shape index (κ2) is 4.43. The van der Waals surface area contributed by atoms with Gasteiger partial charge in [-0.25, -0.2) is 0 Å². The lowest BCUT2D eigenvalue weighted by atomic mass is 10.3. The zero-order valence-corrected chi connectivity index (χ0v) is 8.08. The van der Waals surface area contributed by atoms with Crippen molar-refractivity contribution in [3.05, 3.63) is 59.8 Å². The van der Waals surface area contributed by atoms with E-state index in [1.165, 1.54) is 0 Å². The summed E-state index contributed by atoms with van der Waals surface area (Å²) in [6.07, 6.45) is 7.26. The van der Waals surface area contributed by atoms with Gasteiger partial charge < -0.3 is 0 Å². The van der Waals surface area contributed by atoms with E-state index < -0.39 is 0 Å². The van der Waals surface area contributed by atoms with Crippen molar-refractivity contribution in [3.63, 3.8) is 0 Å². The Bertz CT molecular complexity index is 432. The number of rotatable bonds is 2. The lowest BCUT2D eigenvalue weighted by Gasteiger charge is -1.91. The summed E-state index contributed by atoms with van der Waals surface area (Å²) >= 11 is 0. The van der Waals surface area contributed by atoms with Gasteiger partial charge >= 0.3 is 0 Å². The molecule has 4 nitrogen and oxygen atoms in total. The Labute approximate surface area is 87.2 Å². The molecule has 15 heavy (non-hydrogen) atoms. The van der Waals surface area contributed by atoms with Crippen LogP contribution >= 0.6 is 0 Å². The molecule has 2 N–H and O–H groups in total. The van der Waals surface area contributed by atoms with Gasteiger partial charge in [-0.15, -0.1) is 0 Å². The summed E-state index contributed by atoms with van der Waals surface area (Å²) in [4.78, 5) is 12.2. The van der Waals surface area contributed by atoms with Crippen LogP contribution in [0.2, 0.25) is 0 Å². The zero-order chi connectivity index (χ0) is 10.5. The summed E-state index contributed by atoms with van der Waals surface area (Å²) in [5, 5.41) is 5.79. The van der Waals surface area contributed by atoms with E-state index in [4.69, 9.17) is 0 Å². The van der Waals surface area contributed by atoms with E-state index in [9.17, 15) is 4.91 Å². The molecule has 0 saturated carbocycles. The number of allylic oxidation sites excluding steroid dienone is 2. The fourth-order valence-electron chi connectivity index (χ4n) is 1.21. The van der Waals surface area contributed by atoms with Gasteiger partial charge in [0.1, 0.15) is 5.71 Å². The molecule has 0 radical (unpaired) electrons. The van der Waals surface area contributed by atoms with Crippen molar-refractivity contribution in [1.82, 2.24) is 0 Å². The summed E-state index contributed by atoms with van der Waals surface area (Å²) in [5.41, 5.74) is 1.18. The molecule has 1 aromatic rings. The van der Waals surface area contributed by atoms with E-state index in [2.05, 4.69) is 5.10 Å². The van der Waals surface area contributed by atoms with E-state index in [0.29, 0.717) is 16.3 Å². The number of nitrogens with zero attached hydrogens (tertiary/aromatic N) is 2. The van der Waals surface area contributed by atoms with Crippen LogP contribution < -0.4 is 5.32 Å². The molecule has 2 rings (SSSR count). The molecule has 0 fully saturated rings. The van der Waals surface area contributed by atoms with E-state index in [0.717, 1.165) is 0 Å². The lowest BCUT2D eigenvalue weighted by molar-refractivity contribution is -0.514. The van der Waals surface area contributed by atoms with Crippen LogP contribution in [0.15, 0.2) is 60.0 Å². The van der Waals surface area contributed by atoms with Gasteiger partial charge in [-0.05, 0) is 0 Å². The van der Waals surface area contributed by atoms with Gasteiger partial charge in [0.15, 0.2) is 4.87 Å². The molecule has 1 heterocycles. The highest BCUT2D eigenvalue weighted by Crippen LogP contribution is 2.10. The zero-order valence-electron chi connectivity index (χ0n) is 8.08. The standard InChI is InChI=1S/C11H10N3O/c15-14(11-4-2-1-3-5-11)13-10-6-8-12-9-7-10/h1-9H,(H,12,13,15)/q+1/p+1. The molecular weight excluding hydrogens is 190 g/mol. The van der Waals surface area contributed by atoms with Gasteiger partial charge in [-0.1, -0.05) is 18.2 Å². The molecule has 0 aliphatic carbocycles. The van der Waals surface area contributed by atoms with Crippen molar-refractivity contribution in [2.24, 2.45) is 5.10 Å². The molecule has 0 unspecified atom stereocenters. The molecule has 0 amide bonds. The third kappa shape index (κ3) is 2.45. The first-order chi connectivity index (χ1) is 7.36. The average Bonchev–Trinajstić information content (AvgIpc) is 2.31. The average molecular weight is 201 g/mol. The number of nitroso groups, excluding NO2 is 1. The van der Waals surface area contributed by atoms with Crippen LogP contribution in [0.25, 0.3) is 0 Å². The fraction of sp³-hybridized carbons (Fsp3) is 0. The fourth-order valence-corrected chi connectivity index (χ4v) is 1.21. The molecule has 1 aliphatic rings. The smallest absolute Gasteiger partial charge is 0.294 e. The number of para-hydroxylation sites is 1. The van der Waals surface area contributed by atoms with E-state index >= 15 is 0 Å². The van der Waals surface area contributed by atoms with Gasteiger partial charge in [-0.2, -0.15) is 0 Å². The molecule has 74 valence electrons. The Morgan fingerprint density at radius 1 is 1.07 bits per heavy atom. The number of nitrogens with two attached hydrogens (primary N) is 1. The van der Waals surface area contributed by atoms with Crippen molar-refractivity contribution in [2.75, 3.05) is 0 Å². The van der Waals surface area contributed by atoms with Gasteiger partial charge in [0.05, 0.1) is 22.4 Å². The second-order valence-corrected chi connectivity index (χ2v) is 3.04. The predicted octanol–water partition coefficient (Wildman–Crippen LogP) is 1.06. The minimum Gasteiger partial charge on any atom is -0.294 e. The summed E-state index contributed by atoms with van der Waals surface area (Å²) < 4.78 is 0. The molecule has 0 saturated heterocycles. The monoisotopic (exact) mass is 201 g/mol. The molecule has 0 atom stereocenters. The van der Waals surface area contributed by atoms with E-state index in [1.54, 1.807) is 36.4 Å². The number of benzene rings is 1. The Morgan fingerprint density at radius 3 is 2.40 bits per heavy atom. The second-order valence-electron chi connectivity index (χ2n) is 3.04. The molecule has 1 aliphatic heterocycles. The van der Waals surface area contributed by atoms with Crippen LogP contribution in [0, 0.1) is 4.91 Å². The van der Waals surface area contributed by atoms with Gasteiger partial charge in [0.2, 0.25) is 0 Å². The highest BCUT2D eigenvalue weighted by Gasteiger charge is 2.12. The highest BCUT2D eigenvalue weighted by molar-refractivity contribution is 6.03. The maximum absolute atomic E-state index is 11.6. The first-order valence-corrected chi connectivity index (χ1v) is 4.65. The Balaban J connectivity index is 2.19.